The van der Waals surface area contributed by atoms with Gasteiger partial charge in [-0.15, -0.1) is 0 Å². The first-order valence-corrected chi connectivity index (χ1v) is 7.32. The first-order valence-electron chi connectivity index (χ1n) is 7.32. The molecule has 5 heteroatoms. The molecule has 0 atom stereocenters. The van der Waals surface area contributed by atoms with Crippen LogP contribution in [-0.4, -0.2) is 19.9 Å². The number of nitrogens with zero attached hydrogens (tertiary/aromatic N) is 3. The molecule has 23 heavy (non-hydrogen) atoms. The molecule has 0 radical (unpaired) electrons. The van der Waals surface area contributed by atoms with Crippen molar-refractivity contribution in [3.05, 3.63) is 60.6 Å². The largest absolute Gasteiger partial charge is 0.454 e. The van der Waals surface area contributed by atoms with E-state index in [4.69, 9.17) is 4.42 Å². The molecule has 4 rings (SSSR count). The minimum atomic E-state index is 0.00720. The average molecular weight is 305 g/mol. The van der Waals surface area contributed by atoms with Gasteiger partial charge in [-0.25, -0.2) is 0 Å². The fourth-order valence-corrected chi connectivity index (χ4v) is 2.69. The van der Waals surface area contributed by atoms with Crippen LogP contribution in [0.5, 0.6) is 0 Å². The van der Waals surface area contributed by atoms with Gasteiger partial charge in [-0.3, -0.25) is 9.67 Å². The summed E-state index contributed by atoms with van der Waals surface area (Å²) in [6.07, 6.45) is 5.53. The van der Waals surface area contributed by atoms with Crippen molar-refractivity contribution in [1.82, 2.24) is 14.8 Å². The number of furan rings is 1. The maximum absolute atomic E-state index is 9.29. The van der Waals surface area contributed by atoms with E-state index >= 15 is 0 Å². The van der Waals surface area contributed by atoms with Gasteiger partial charge in [-0.1, -0.05) is 18.2 Å². The summed E-state index contributed by atoms with van der Waals surface area (Å²) in [5.41, 5.74) is 5.27. The van der Waals surface area contributed by atoms with Crippen LogP contribution in [-0.2, 0) is 13.7 Å². The SMILES string of the molecule is Cn1cc(-c2ccnc3cc(-c4cccc(CO)c4)oc23)cn1. The predicted molar refractivity (Wildman–Crippen MR) is 87.6 cm³/mol. The second-order valence-corrected chi connectivity index (χ2v) is 5.44. The van der Waals surface area contributed by atoms with E-state index in [1.54, 1.807) is 10.9 Å². The van der Waals surface area contributed by atoms with Crippen LogP contribution in [0.4, 0.5) is 0 Å². The Morgan fingerprint density at radius 1 is 1.17 bits per heavy atom. The van der Waals surface area contributed by atoms with E-state index in [0.717, 1.165) is 39.1 Å². The standard InChI is InChI=1S/C18H15N3O2/c1-21-10-14(9-20-21)15-5-6-19-16-8-17(23-18(15)16)13-4-2-3-12(7-13)11-22/h2-10,22H,11H2,1H3. The highest BCUT2D eigenvalue weighted by molar-refractivity contribution is 5.92. The van der Waals surface area contributed by atoms with Crippen molar-refractivity contribution in [3.8, 4) is 22.5 Å². The Kier molecular flexibility index (Phi) is 3.20. The van der Waals surface area contributed by atoms with Crippen LogP contribution in [0, 0.1) is 0 Å². The summed E-state index contributed by atoms with van der Waals surface area (Å²) in [5, 5.41) is 13.5. The lowest BCUT2D eigenvalue weighted by Gasteiger charge is -2.00. The summed E-state index contributed by atoms with van der Waals surface area (Å²) in [6, 6.07) is 11.5. The molecule has 114 valence electrons. The number of aromatic nitrogens is 3. The Bertz CT molecular complexity index is 985. The van der Waals surface area contributed by atoms with Gasteiger partial charge >= 0.3 is 0 Å². The van der Waals surface area contributed by atoms with Crippen molar-refractivity contribution in [2.45, 2.75) is 6.61 Å². The summed E-state index contributed by atoms with van der Waals surface area (Å²) in [5.74, 6) is 0.735. The van der Waals surface area contributed by atoms with Gasteiger partial charge in [0.25, 0.3) is 0 Å². The number of aryl methyl sites for hydroxylation is 1. The lowest BCUT2D eigenvalue weighted by molar-refractivity contribution is 0.282. The van der Waals surface area contributed by atoms with Crippen LogP contribution >= 0.6 is 0 Å². The summed E-state index contributed by atoms with van der Waals surface area (Å²) >= 11 is 0. The van der Waals surface area contributed by atoms with Crippen LogP contribution in [0.15, 0.2) is 59.4 Å². The number of hydrogen-bond donors (Lipinski definition) is 1. The van der Waals surface area contributed by atoms with Gasteiger partial charge < -0.3 is 9.52 Å². The quantitative estimate of drug-likeness (QED) is 0.630. The van der Waals surface area contributed by atoms with E-state index < -0.39 is 0 Å². The molecule has 5 nitrogen and oxygen atoms in total. The number of aliphatic hydroxyl groups is 1. The maximum atomic E-state index is 9.29. The molecule has 4 aromatic rings. The van der Waals surface area contributed by atoms with E-state index in [-0.39, 0.29) is 6.61 Å². The maximum Gasteiger partial charge on any atom is 0.161 e. The number of pyridine rings is 1. The van der Waals surface area contributed by atoms with Crippen molar-refractivity contribution in [3.63, 3.8) is 0 Å². The molecule has 3 heterocycles. The average Bonchev–Trinajstić information content (AvgIpc) is 3.20. The first kappa shape index (κ1) is 13.7. The smallest absolute Gasteiger partial charge is 0.161 e. The Morgan fingerprint density at radius 2 is 2.09 bits per heavy atom. The summed E-state index contributed by atoms with van der Waals surface area (Å²) in [4.78, 5) is 4.39. The Labute approximate surface area is 132 Å². The molecule has 0 aliphatic rings. The fourth-order valence-electron chi connectivity index (χ4n) is 2.69. The molecule has 0 saturated carbocycles. The second kappa shape index (κ2) is 5.37. The van der Waals surface area contributed by atoms with Crippen molar-refractivity contribution >= 4 is 11.1 Å². The molecule has 0 aliphatic carbocycles. The van der Waals surface area contributed by atoms with Gasteiger partial charge in [-0.05, 0) is 17.7 Å². The van der Waals surface area contributed by atoms with Gasteiger partial charge in [0.15, 0.2) is 5.58 Å². The fraction of sp³-hybridized carbons (Fsp3) is 0.111. The molecule has 0 saturated heterocycles. The zero-order chi connectivity index (χ0) is 15.8. The zero-order valence-electron chi connectivity index (χ0n) is 12.6. The minimum Gasteiger partial charge on any atom is -0.454 e. The molecule has 1 N–H and O–H groups in total. The number of benzene rings is 1. The number of fused-ring (bicyclic) bond motifs is 1. The summed E-state index contributed by atoms with van der Waals surface area (Å²) < 4.78 is 7.83. The summed E-state index contributed by atoms with van der Waals surface area (Å²) in [6.45, 7) is 0.00720. The van der Waals surface area contributed by atoms with Gasteiger partial charge in [0.1, 0.15) is 11.3 Å². The first-order chi connectivity index (χ1) is 11.2. The highest BCUT2D eigenvalue weighted by Crippen LogP contribution is 2.33. The van der Waals surface area contributed by atoms with Crippen molar-refractivity contribution < 1.29 is 9.52 Å². The molecule has 0 unspecified atom stereocenters. The van der Waals surface area contributed by atoms with Crippen LogP contribution in [0.25, 0.3) is 33.6 Å². The Hall–Kier alpha value is -2.92. The highest BCUT2D eigenvalue weighted by atomic mass is 16.3. The number of hydrogen-bond acceptors (Lipinski definition) is 4. The molecule has 0 fully saturated rings. The van der Waals surface area contributed by atoms with Crippen LogP contribution in [0.3, 0.4) is 0 Å². The number of rotatable bonds is 3. The van der Waals surface area contributed by atoms with E-state index in [0.29, 0.717) is 0 Å². The normalized spacial score (nSPS) is 11.2. The van der Waals surface area contributed by atoms with E-state index in [1.807, 2.05) is 55.8 Å². The van der Waals surface area contributed by atoms with E-state index in [9.17, 15) is 5.11 Å². The minimum absolute atomic E-state index is 0.00720. The Balaban J connectivity index is 1.88. The second-order valence-electron chi connectivity index (χ2n) is 5.44. The third kappa shape index (κ3) is 2.41. The van der Waals surface area contributed by atoms with Crippen molar-refractivity contribution in [2.24, 2.45) is 7.05 Å². The van der Waals surface area contributed by atoms with E-state index in [2.05, 4.69) is 10.1 Å². The van der Waals surface area contributed by atoms with Gasteiger partial charge in [-0.2, -0.15) is 5.10 Å². The molecule has 0 spiro atoms. The third-order valence-corrected chi connectivity index (χ3v) is 3.82. The molecule has 3 aromatic heterocycles. The topological polar surface area (TPSA) is 64.1 Å². The molecule has 0 aliphatic heterocycles. The van der Waals surface area contributed by atoms with Crippen LogP contribution in [0.2, 0.25) is 0 Å². The predicted octanol–water partition coefficient (Wildman–Crippen LogP) is 3.39. The van der Waals surface area contributed by atoms with Crippen molar-refractivity contribution in [1.29, 1.82) is 0 Å². The third-order valence-electron chi connectivity index (χ3n) is 3.82. The molecular formula is C18H15N3O2. The van der Waals surface area contributed by atoms with Gasteiger partial charge in [0.2, 0.25) is 0 Å². The van der Waals surface area contributed by atoms with Crippen molar-refractivity contribution in [2.75, 3.05) is 0 Å². The number of aliphatic hydroxyl groups excluding tert-OH is 1. The Morgan fingerprint density at radius 3 is 2.87 bits per heavy atom. The van der Waals surface area contributed by atoms with E-state index in [1.165, 1.54) is 0 Å². The lowest BCUT2D eigenvalue weighted by atomic mass is 10.1. The lowest BCUT2D eigenvalue weighted by Crippen LogP contribution is -1.84. The molecular weight excluding hydrogens is 290 g/mol. The highest BCUT2D eigenvalue weighted by Gasteiger charge is 2.13. The molecule has 0 amide bonds. The molecule has 1 aromatic carbocycles. The zero-order valence-corrected chi connectivity index (χ0v) is 12.6. The van der Waals surface area contributed by atoms with Gasteiger partial charge in [0.05, 0.1) is 12.8 Å². The van der Waals surface area contributed by atoms with Gasteiger partial charge in [0, 0.05) is 42.2 Å². The monoisotopic (exact) mass is 305 g/mol. The summed E-state index contributed by atoms with van der Waals surface area (Å²) in [7, 11) is 1.88. The van der Waals surface area contributed by atoms with Crippen LogP contribution in [0.1, 0.15) is 5.56 Å². The molecule has 0 bridgehead atoms. The van der Waals surface area contributed by atoms with Crippen LogP contribution < -0.4 is 0 Å².